The van der Waals surface area contributed by atoms with Gasteiger partial charge in [-0.1, -0.05) is 17.8 Å². The van der Waals surface area contributed by atoms with Gasteiger partial charge in [-0.05, 0) is 37.3 Å². The summed E-state index contributed by atoms with van der Waals surface area (Å²) in [5.41, 5.74) is 1.88. The van der Waals surface area contributed by atoms with E-state index in [0.717, 1.165) is 0 Å². The van der Waals surface area contributed by atoms with E-state index in [2.05, 4.69) is 20.4 Å². The second-order valence-corrected chi connectivity index (χ2v) is 7.46. The van der Waals surface area contributed by atoms with E-state index in [9.17, 15) is 19.3 Å². The summed E-state index contributed by atoms with van der Waals surface area (Å²) in [6.45, 7) is 1.58. The molecule has 0 aliphatic heterocycles. The summed E-state index contributed by atoms with van der Waals surface area (Å²) in [7, 11) is 0. The third-order valence-corrected chi connectivity index (χ3v) is 5.52. The van der Waals surface area contributed by atoms with Crippen LogP contribution in [0.15, 0.2) is 60.0 Å². The lowest BCUT2D eigenvalue weighted by molar-refractivity contribution is -0.385. The van der Waals surface area contributed by atoms with Crippen molar-refractivity contribution in [3.8, 4) is 5.69 Å². The van der Waals surface area contributed by atoms with Gasteiger partial charge in [-0.3, -0.25) is 14.9 Å². The lowest BCUT2D eigenvalue weighted by Gasteiger charge is -2.08. The molecule has 0 unspecified atom stereocenters. The molecule has 1 N–H and O–H groups in total. The first-order chi connectivity index (χ1) is 14.9. The first-order valence-electron chi connectivity index (χ1n) is 9.05. The average molecular weight is 438 g/mol. The van der Waals surface area contributed by atoms with Crippen molar-refractivity contribution >= 4 is 40.1 Å². The van der Waals surface area contributed by atoms with Crippen molar-refractivity contribution < 1.29 is 14.1 Å². The molecule has 0 fully saturated rings. The molecule has 0 bridgehead atoms. The molecule has 2 heterocycles. The summed E-state index contributed by atoms with van der Waals surface area (Å²) in [5.74, 6) is -0.641. The lowest BCUT2D eigenvalue weighted by Crippen LogP contribution is -2.15. The van der Waals surface area contributed by atoms with E-state index >= 15 is 0 Å². The number of thioether (sulfide) groups is 1. The van der Waals surface area contributed by atoms with Gasteiger partial charge in [-0.2, -0.15) is 5.10 Å². The average Bonchev–Trinajstić information content (AvgIpc) is 3.19. The molecule has 0 saturated carbocycles. The number of nitrogens with one attached hydrogen (secondary N) is 1. The summed E-state index contributed by atoms with van der Waals surface area (Å²) < 4.78 is 14.8. The number of nitro groups is 1. The monoisotopic (exact) mass is 438 g/mol. The van der Waals surface area contributed by atoms with Gasteiger partial charge < -0.3 is 5.32 Å². The Morgan fingerprint density at radius 1 is 1.23 bits per heavy atom. The van der Waals surface area contributed by atoms with Crippen molar-refractivity contribution in [3.63, 3.8) is 0 Å². The zero-order chi connectivity index (χ0) is 22.0. The van der Waals surface area contributed by atoms with Crippen molar-refractivity contribution in [1.29, 1.82) is 0 Å². The van der Waals surface area contributed by atoms with Crippen LogP contribution < -0.4 is 5.32 Å². The number of benzene rings is 2. The van der Waals surface area contributed by atoms with Gasteiger partial charge in [0.25, 0.3) is 5.69 Å². The highest BCUT2D eigenvalue weighted by Crippen LogP contribution is 2.28. The van der Waals surface area contributed by atoms with Crippen LogP contribution in [0.4, 0.5) is 15.8 Å². The Labute approximate surface area is 179 Å². The lowest BCUT2D eigenvalue weighted by atomic mass is 10.1. The zero-order valence-corrected chi connectivity index (χ0v) is 17.0. The Morgan fingerprint density at radius 2 is 2.00 bits per heavy atom. The minimum Gasteiger partial charge on any atom is -0.325 e. The van der Waals surface area contributed by atoms with E-state index in [-0.39, 0.29) is 23.2 Å². The second-order valence-electron chi connectivity index (χ2n) is 6.49. The van der Waals surface area contributed by atoms with E-state index in [1.165, 1.54) is 42.4 Å². The number of nitro benzene ring substituents is 1. The van der Waals surface area contributed by atoms with Gasteiger partial charge in [-0.15, -0.1) is 0 Å². The second kappa shape index (κ2) is 8.48. The van der Waals surface area contributed by atoms with Crippen LogP contribution in [-0.4, -0.2) is 36.3 Å². The Balaban J connectivity index is 1.51. The van der Waals surface area contributed by atoms with Crippen LogP contribution in [0.5, 0.6) is 0 Å². The van der Waals surface area contributed by atoms with E-state index in [1.807, 2.05) is 0 Å². The minimum absolute atomic E-state index is 0.0377. The van der Waals surface area contributed by atoms with Crippen molar-refractivity contribution in [3.05, 3.63) is 76.5 Å². The fourth-order valence-electron chi connectivity index (χ4n) is 2.99. The van der Waals surface area contributed by atoms with Crippen LogP contribution >= 0.6 is 11.8 Å². The molecule has 0 aliphatic rings. The fourth-order valence-corrected chi connectivity index (χ4v) is 3.75. The predicted octanol–water partition coefficient (Wildman–Crippen LogP) is 3.90. The maximum Gasteiger partial charge on any atom is 0.274 e. The molecule has 156 valence electrons. The molecule has 2 aromatic heterocycles. The van der Waals surface area contributed by atoms with Gasteiger partial charge >= 0.3 is 0 Å². The number of anilines is 1. The van der Waals surface area contributed by atoms with E-state index in [1.54, 1.807) is 36.0 Å². The Hall–Kier alpha value is -3.86. The van der Waals surface area contributed by atoms with Crippen LogP contribution in [0, 0.1) is 22.9 Å². The zero-order valence-electron chi connectivity index (χ0n) is 16.2. The number of carbonyl (C=O) groups is 1. The molecule has 0 spiro atoms. The van der Waals surface area contributed by atoms with Gasteiger partial charge in [0.2, 0.25) is 5.91 Å². The number of hydrogen-bond acceptors (Lipinski definition) is 7. The molecule has 4 rings (SSSR count). The summed E-state index contributed by atoms with van der Waals surface area (Å²) in [6.07, 6.45) is 2.96. The van der Waals surface area contributed by atoms with Crippen molar-refractivity contribution in [2.45, 2.75) is 11.9 Å². The molecule has 1 amide bonds. The molecule has 2 aromatic carbocycles. The molecule has 9 nitrogen and oxygen atoms in total. The highest BCUT2D eigenvalue weighted by Gasteiger charge is 2.16. The van der Waals surface area contributed by atoms with Crippen LogP contribution in [0.3, 0.4) is 0 Å². The number of nitrogens with zero attached hydrogens (tertiary/aromatic N) is 5. The quantitative estimate of drug-likeness (QED) is 0.210. The number of carbonyl (C=O) groups excluding carboxylic acids is 1. The van der Waals surface area contributed by atoms with Crippen molar-refractivity contribution in [1.82, 2.24) is 19.7 Å². The summed E-state index contributed by atoms with van der Waals surface area (Å²) in [5, 5.41) is 19.3. The highest BCUT2D eigenvalue weighted by molar-refractivity contribution is 8.00. The molecular weight excluding hydrogens is 423 g/mol. The topological polar surface area (TPSA) is 116 Å². The van der Waals surface area contributed by atoms with E-state index < -0.39 is 4.92 Å². The van der Waals surface area contributed by atoms with Crippen molar-refractivity contribution in [2.75, 3.05) is 11.1 Å². The third-order valence-electron chi connectivity index (χ3n) is 4.52. The number of rotatable bonds is 6. The van der Waals surface area contributed by atoms with Crippen LogP contribution in [0.2, 0.25) is 0 Å². The number of halogens is 1. The van der Waals surface area contributed by atoms with Gasteiger partial charge in [0.15, 0.2) is 5.65 Å². The Bertz CT molecular complexity index is 1290. The first kappa shape index (κ1) is 20.4. The Morgan fingerprint density at radius 3 is 2.74 bits per heavy atom. The van der Waals surface area contributed by atoms with Gasteiger partial charge in [0, 0.05) is 6.07 Å². The van der Waals surface area contributed by atoms with Gasteiger partial charge in [0.1, 0.15) is 17.2 Å². The molecular formula is C20H15FN6O3S. The van der Waals surface area contributed by atoms with Crippen LogP contribution in [-0.2, 0) is 4.79 Å². The largest absolute Gasteiger partial charge is 0.325 e. The fraction of sp³-hybridized carbons (Fsp3) is 0.100. The molecule has 11 heteroatoms. The summed E-state index contributed by atoms with van der Waals surface area (Å²) >= 11 is 1.19. The normalized spacial score (nSPS) is 10.9. The number of fused-ring (bicyclic) bond motifs is 1. The molecule has 0 saturated heterocycles. The van der Waals surface area contributed by atoms with Gasteiger partial charge in [-0.25, -0.2) is 19.0 Å². The molecule has 4 aromatic rings. The molecule has 0 radical (unpaired) electrons. The minimum atomic E-state index is -0.490. The third kappa shape index (κ3) is 4.21. The maximum absolute atomic E-state index is 13.2. The molecule has 31 heavy (non-hydrogen) atoms. The van der Waals surface area contributed by atoms with Gasteiger partial charge in [0.05, 0.1) is 39.2 Å². The smallest absolute Gasteiger partial charge is 0.274 e. The molecule has 0 aliphatic carbocycles. The molecule has 0 atom stereocenters. The summed E-state index contributed by atoms with van der Waals surface area (Å²) in [4.78, 5) is 31.5. The van der Waals surface area contributed by atoms with E-state index in [0.29, 0.717) is 33.0 Å². The SMILES string of the molecule is Cc1c(NC(=O)CSc2ncnc3c2cnn3-c2ccc(F)cc2)cccc1[N+](=O)[O-]. The predicted molar refractivity (Wildman–Crippen MR) is 114 cm³/mol. The van der Waals surface area contributed by atoms with Crippen LogP contribution in [0.25, 0.3) is 16.7 Å². The standard InChI is InChI=1S/C20H15FN6O3S/c1-12-16(3-2-4-17(12)27(29)30)25-18(28)10-31-20-15-9-24-26(19(15)22-11-23-20)14-7-5-13(21)6-8-14/h2-9,11H,10H2,1H3,(H,25,28). The number of amides is 1. The Kier molecular flexibility index (Phi) is 5.58. The first-order valence-corrected chi connectivity index (χ1v) is 10.0. The highest BCUT2D eigenvalue weighted by atomic mass is 32.2. The summed E-state index contributed by atoms with van der Waals surface area (Å²) in [6, 6.07) is 10.4. The van der Waals surface area contributed by atoms with Crippen LogP contribution in [0.1, 0.15) is 5.56 Å². The maximum atomic E-state index is 13.2. The number of aromatic nitrogens is 4. The van der Waals surface area contributed by atoms with E-state index in [4.69, 9.17) is 0 Å². The number of hydrogen-bond donors (Lipinski definition) is 1. The van der Waals surface area contributed by atoms with Crippen molar-refractivity contribution in [2.24, 2.45) is 0 Å².